The second-order valence-electron chi connectivity index (χ2n) is 9.08. The number of nitrogens with zero attached hydrogens (tertiary/aromatic N) is 3. The Hall–Kier alpha value is -2.44. The molecule has 6 heteroatoms. The number of carbonyl (C=O) groups is 1. The summed E-state index contributed by atoms with van der Waals surface area (Å²) in [5, 5.41) is 2.88. The smallest absolute Gasteiger partial charge is 0.317 e. The molecule has 2 aromatic rings. The Morgan fingerprint density at radius 2 is 1.74 bits per heavy atom. The molecule has 2 aromatic carbocycles. The van der Waals surface area contributed by atoms with E-state index < -0.39 is 0 Å². The molecule has 5 rings (SSSR count). The van der Waals surface area contributed by atoms with Crippen molar-refractivity contribution < 1.29 is 9.18 Å². The van der Waals surface area contributed by atoms with E-state index in [1.54, 1.807) is 12.1 Å². The van der Waals surface area contributed by atoms with Gasteiger partial charge in [0.05, 0.1) is 0 Å². The van der Waals surface area contributed by atoms with E-state index >= 15 is 0 Å². The lowest BCUT2D eigenvalue weighted by Crippen LogP contribution is -2.49. The van der Waals surface area contributed by atoms with Gasteiger partial charge in [0.1, 0.15) is 5.82 Å². The van der Waals surface area contributed by atoms with E-state index in [2.05, 4.69) is 40.2 Å². The number of piperazine rings is 1. The third-order valence-electron chi connectivity index (χ3n) is 7.19. The molecule has 2 saturated heterocycles. The van der Waals surface area contributed by atoms with Crippen molar-refractivity contribution in [1.82, 2.24) is 20.0 Å². The molecule has 2 aliphatic heterocycles. The fourth-order valence-electron chi connectivity index (χ4n) is 5.42. The summed E-state index contributed by atoms with van der Waals surface area (Å²) in [7, 11) is 0. The average Bonchev–Trinajstić information content (AvgIpc) is 3.36. The van der Waals surface area contributed by atoms with Gasteiger partial charge in [-0.05, 0) is 42.2 Å². The standard InChI is InChI=1S/C25H31FN4O/c1-18-2-7-21-22(19-3-5-20(26)6-4-19)17-24(23(21)16-18)29-13-10-28(11-14-29)12-15-30-9-8-27-25(30)31/h2-7,16,22,24H,8-15,17H2,1H3,(H,27,31)/t22-,24+/m0/s1. The number of benzene rings is 2. The molecule has 2 atom stereocenters. The number of carbonyl (C=O) groups excluding carboxylic acids is 1. The summed E-state index contributed by atoms with van der Waals surface area (Å²) < 4.78 is 13.5. The van der Waals surface area contributed by atoms with Crippen molar-refractivity contribution in [3.63, 3.8) is 0 Å². The number of hydrogen-bond acceptors (Lipinski definition) is 3. The zero-order valence-corrected chi connectivity index (χ0v) is 18.2. The van der Waals surface area contributed by atoms with Crippen molar-refractivity contribution >= 4 is 6.03 Å². The highest BCUT2D eigenvalue weighted by Gasteiger charge is 2.36. The van der Waals surface area contributed by atoms with Crippen LogP contribution in [-0.4, -0.2) is 73.1 Å². The lowest BCUT2D eigenvalue weighted by Gasteiger charge is -2.39. The first-order valence-electron chi connectivity index (χ1n) is 11.4. The maximum atomic E-state index is 13.5. The molecule has 1 aliphatic carbocycles. The van der Waals surface area contributed by atoms with Crippen LogP contribution in [-0.2, 0) is 0 Å². The van der Waals surface area contributed by atoms with Crippen LogP contribution in [0.15, 0.2) is 42.5 Å². The van der Waals surface area contributed by atoms with Gasteiger partial charge in [0.25, 0.3) is 0 Å². The number of hydrogen-bond donors (Lipinski definition) is 1. The van der Waals surface area contributed by atoms with Crippen molar-refractivity contribution in [3.05, 3.63) is 70.5 Å². The number of amides is 2. The quantitative estimate of drug-likeness (QED) is 0.803. The van der Waals surface area contributed by atoms with E-state index in [9.17, 15) is 9.18 Å². The summed E-state index contributed by atoms with van der Waals surface area (Å²) in [5.41, 5.74) is 5.34. The Balaban J connectivity index is 1.26. The monoisotopic (exact) mass is 422 g/mol. The molecule has 0 saturated carbocycles. The van der Waals surface area contributed by atoms with Crippen molar-refractivity contribution in [2.75, 3.05) is 52.4 Å². The highest BCUT2D eigenvalue weighted by molar-refractivity contribution is 5.76. The fourth-order valence-corrected chi connectivity index (χ4v) is 5.42. The largest absolute Gasteiger partial charge is 0.336 e. The Kier molecular flexibility index (Phi) is 5.67. The molecule has 1 N–H and O–H groups in total. The predicted molar refractivity (Wildman–Crippen MR) is 120 cm³/mol. The number of rotatable bonds is 5. The third kappa shape index (κ3) is 4.19. The van der Waals surface area contributed by atoms with Gasteiger partial charge >= 0.3 is 6.03 Å². The summed E-state index contributed by atoms with van der Waals surface area (Å²) in [6, 6.07) is 14.4. The second kappa shape index (κ2) is 8.60. The maximum Gasteiger partial charge on any atom is 0.317 e. The third-order valence-corrected chi connectivity index (χ3v) is 7.19. The molecule has 2 amide bonds. The molecule has 0 unspecified atom stereocenters. The Bertz CT molecular complexity index is 939. The molecule has 5 nitrogen and oxygen atoms in total. The number of halogens is 1. The van der Waals surface area contributed by atoms with Gasteiger partial charge in [-0.15, -0.1) is 0 Å². The van der Waals surface area contributed by atoms with Crippen LogP contribution >= 0.6 is 0 Å². The number of aryl methyl sites for hydroxylation is 1. The van der Waals surface area contributed by atoms with Crippen LogP contribution in [0, 0.1) is 12.7 Å². The van der Waals surface area contributed by atoms with Gasteiger partial charge in [0.15, 0.2) is 0 Å². The lowest BCUT2D eigenvalue weighted by atomic mass is 9.92. The summed E-state index contributed by atoms with van der Waals surface area (Å²) in [6.45, 7) is 9.66. The first-order valence-corrected chi connectivity index (χ1v) is 11.4. The number of urea groups is 1. The highest BCUT2D eigenvalue weighted by Crippen LogP contribution is 2.47. The summed E-state index contributed by atoms with van der Waals surface area (Å²) in [4.78, 5) is 18.8. The van der Waals surface area contributed by atoms with Crippen LogP contribution in [0.5, 0.6) is 0 Å². The summed E-state index contributed by atoms with van der Waals surface area (Å²) in [6.07, 6.45) is 1.05. The Morgan fingerprint density at radius 3 is 2.45 bits per heavy atom. The van der Waals surface area contributed by atoms with Crippen molar-refractivity contribution in [2.24, 2.45) is 0 Å². The average molecular weight is 423 g/mol. The first kappa shape index (κ1) is 20.5. The van der Waals surface area contributed by atoms with E-state index in [-0.39, 0.29) is 11.8 Å². The second-order valence-corrected chi connectivity index (χ2v) is 9.08. The Labute approximate surface area is 183 Å². The maximum absolute atomic E-state index is 13.5. The van der Waals surface area contributed by atoms with Crippen molar-refractivity contribution in [3.8, 4) is 0 Å². The van der Waals surface area contributed by atoms with E-state index in [4.69, 9.17) is 0 Å². The fraction of sp³-hybridized carbons (Fsp3) is 0.480. The highest BCUT2D eigenvalue weighted by atomic mass is 19.1. The molecule has 2 heterocycles. The van der Waals surface area contributed by atoms with Crippen LogP contribution in [0.1, 0.15) is 40.6 Å². The van der Waals surface area contributed by atoms with Gasteiger partial charge in [-0.25, -0.2) is 9.18 Å². The van der Waals surface area contributed by atoms with E-state index in [1.807, 2.05) is 17.0 Å². The van der Waals surface area contributed by atoms with Crippen LogP contribution in [0.25, 0.3) is 0 Å². The number of fused-ring (bicyclic) bond motifs is 1. The molecule has 0 aromatic heterocycles. The lowest BCUT2D eigenvalue weighted by molar-refractivity contribution is 0.0905. The molecule has 0 radical (unpaired) electrons. The van der Waals surface area contributed by atoms with Crippen LogP contribution < -0.4 is 5.32 Å². The predicted octanol–water partition coefficient (Wildman–Crippen LogP) is 3.35. The minimum Gasteiger partial charge on any atom is -0.336 e. The minimum atomic E-state index is -0.176. The van der Waals surface area contributed by atoms with E-state index in [0.717, 1.165) is 58.8 Å². The van der Waals surface area contributed by atoms with Crippen molar-refractivity contribution in [1.29, 1.82) is 0 Å². The molecule has 164 valence electrons. The van der Waals surface area contributed by atoms with E-state index in [0.29, 0.717) is 12.0 Å². The van der Waals surface area contributed by atoms with Gasteiger partial charge in [0, 0.05) is 64.3 Å². The first-order chi connectivity index (χ1) is 15.1. The van der Waals surface area contributed by atoms with Gasteiger partial charge in [0.2, 0.25) is 0 Å². The van der Waals surface area contributed by atoms with Crippen LogP contribution in [0.2, 0.25) is 0 Å². The van der Waals surface area contributed by atoms with Crippen LogP contribution in [0.3, 0.4) is 0 Å². The normalized spacial score (nSPS) is 24.5. The molecule has 3 aliphatic rings. The van der Waals surface area contributed by atoms with Gasteiger partial charge < -0.3 is 10.2 Å². The van der Waals surface area contributed by atoms with E-state index in [1.165, 1.54) is 22.3 Å². The molecular weight excluding hydrogens is 391 g/mol. The topological polar surface area (TPSA) is 38.8 Å². The van der Waals surface area contributed by atoms with Crippen molar-refractivity contribution in [2.45, 2.75) is 25.3 Å². The molecule has 0 spiro atoms. The molecule has 2 fully saturated rings. The number of nitrogens with one attached hydrogen (secondary N) is 1. The minimum absolute atomic E-state index is 0.0726. The zero-order chi connectivity index (χ0) is 21.4. The van der Waals surface area contributed by atoms with Crippen LogP contribution in [0.4, 0.5) is 9.18 Å². The molecule has 0 bridgehead atoms. The van der Waals surface area contributed by atoms with Gasteiger partial charge in [-0.1, -0.05) is 35.9 Å². The molecule has 31 heavy (non-hydrogen) atoms. The summed E-state index contributed by atoms with van der Waals surface area (Å²) >= 11 is 0. The van der Waals surface area contributed by atoms with Gasteiger partial charge in [-0.3, -0.25) is 9.80 Å². The Morgan fingerprint density at radius 1 is 0.968 bits per heavy atom. The summed E-state index contributed by atoms with van der Waals surface area (Å²) in [5.74, 6) is 0.151. The SMILES string of the molecule is Cc1ccc2c(c1)[C@H](N1CCN(CCN3CCNC3=O)CC1)C[C@H]2c1ccc(F)cc1. The van der Waals surface area contributed by atoms with Gasteiger partial charge in [-0.2, -0.15) is 0 Å². The molecular formula is C25H31FN4O. The zero-order valence-electron chi connectivity index (χ0n) is 18.2.